The quantitative estimate of drug-likeness (QED) is 0.200. The molecule has 3 heteroatoms. The summed E-state index contributed by atoms with van der Waals surface area (Å²) in [6.45, 7) is 3.26. The van der Waals surface area contributed by atoms with Crippen LogP contribution in [-0.4, -0.2) is 38.1 Å². The number of carbonyl (C=O) groups is 1. The molecule has 0 spiro atoms. The lowest BCUT2D eigenvalue weighted by Crippen LogP contribution is -2.23. The second-order valence-electron chi connectivity index (χ2n) is 7.76. The molecule has 3 nitrogen and oxygen atoms in total. The number of ether oxygens (including phenoxy) is 1. The van der Waals surface area contributed by atoms with Crippen LogP contribution >= 0.6 is 0 Å². The van der Waals surface area contributed by atoms with Crippen LogP contribution in [0.25, 0.3) is 0 Å². The summed E-state index contributed by atoms with van der Waals surface area (Å²) in [5.41, 5.74) is 0. The molecular weight excluding hydrogens is 310 g/mol. The summed E-state index contributed by atoms with van der Waals surface area (Å²) in [7, 11) is 3.77. The molecule has 0 aliphatic carbocycles. The lowest BCUT2D eigenvalue weighted by atomic mass is 10.0. The summed E-state index contributed by atoms with van der Waals surface area (Å²) < 4.78 is 5.19. The van der Waals surface area contributed by atoms with Gasteiger partial charge in [0.25, 0.3) is 0 Å². The SMILES string of the molecule is CCCCCCCCCCCCCCCCCCOC(=O)CN(C)C. The molecule has 0 bridgehead atoms. The maximum Gasteiger partial charge on any atom is 0.320 e. The number of rotatable bonds is 19. The summed E-state index contributed by atoms with van der Waals surface area (Å²) >= 11 is 0. The third-order valence-electron chi connectivity index (χ3n) is 4.71. The molecule has 0 aliphatic rings. The minimum Gasteiger partial charge on any atom is -0.465 e. The maximum atomic E-state index is 11.3. The van der Waals surface area contributed by atoms with E-state index in [2.05, 4.69) is 6.92 Å². The van der Waals surface area contributed by atoms with E-state index in [1.807, 2.05) is 19.0 Å². The smallest absolute Gasteiger partial charge is 0.320 e. The summed E-state index contributed by atoms with van der Waals surface area (Å²) in [5.74, 6) is -0.106. The second kappa shape index (κ2) is 19.8. The average Bonchev–Trinajstić information content (AvgIpc) is 2.57. The van der Waals surface area contributed by atoms with E-state index in [0.29, 0.717) is 13.2 Å². The monoisotopic (exact) mass is 355 g/mol. The summed E-state index contributed by atoms with van der Waals surface area (Å²) in [4.78, 5) is 13.2. The van der Waals surface area contributed by atoms with Crippen molar-refractivity contribution in [2.45, 2.75) is 110 Å². The van der Waals surface area contributed by atoms with Gasteiger partial charge in [-0.05, 0) is 20.5 Å². The molecule has 0 amide bonds. The zero-order chi connectivity index (χ0) is 18.6. The van der Waals surface area contributed by atoms with Crippen molar-refractivity contribution in [3.8, 4) is 0 Å². The minimum absolute atomic E-state index is 0.106. The largest absolute Gasteiger partial charge is 0.465 e. The Morgan fingerprint density at radius 3 is 1.36 bits per heavy atom. The van der Waals surface area contributed by atoms with Gasteiger partial charge in [0.1, 0.15) is 0 Å². The van der Waals surface area contributed by atoms with Crippen molar-refractivity contribution in [2.75, 3.05) is 27.2 Å². The third-order valence-corrected chi connectivity index (χ3v) is 4.71. The molecule has 0 aromatic carbocycles. The van der Waals surface area contributed by atoms with Crippen molar-refractivity contribution in [2.24, 2.45) is 0 Å². The minimum atomic E-state index is -0.106. The van der Waals surface area contributed by atoms with E-state index in [1.165, 1.54) is 96.3 Å². The second-order valence-corrected chi connectivity index (χ2v) is 7.76. The van der Waals surface area contributed by atoms with E-state index in [-0.39, 0.29) is 5.97 Å². The van der Waals surface area contributed by atoms with Crippen LogP contribution < -0.4 is 0 Å². The first-order valence-corrected chi connectivity index (χ1v) is 11.0. The van der Waals surface area contributed by atoms with Crippen LogP contribution in [-0.2, 0) is 9.53 Å². The fourth-order valence-electron chi connectivity index (χ4n) is 3.14. The van der Waals surface area contributed by atoms with Crippen LogP contribution in [0.5, 0.6) is 0 Å². The van der Waals surface area contributed by atoms with Gasteiger partial charge in [0.15, 0.2) is 0 Å². The Hall–Kier alpha value is -0.570. The fourth-order valence-corrected chi connectivity index (χ4v) is 3.14. The number of hydrogen-bond donors (Lipinski definition) is 0. The van der Waals surface area contributed by atoms with Gasteiger partial charge in [-0.2, -0.15) is 0 Å². The van der Waals surface area contributed by atoms with E-state index < -0.39 is 0 Å². The van der Waals surface area contributed by atoms with Gasteiger partial charge in [-0.3, -0.25) is 9.69 Å². The first kappa shape index (κ1) is 24.4. The average molecular weight is 356 g/mol. The lowest BCUT2D eigenvalue weighted by molar-refractivity contribution is -0.144. The summed E-state index contributed by atoms with van der Waals surface area (Å²) in [6.07, 6.45) is 21.9. The highest BCUT2D eigenvalue weighted by Crippen LogP contribution is 2.13. The Morgan fingerprint density at radius 2 is 1.00 bits per heavy atom. The molecule has 0 unspecified atom stereocenters. The van der Waals surface area contributed by atoms with Crippen molar-refractivity contribution in [3.63, 3.8) is 0 Å². The van der Waals surface area contributed by atoms with E-state index in [9.17, 15) is 4.79 Å². The Labute approximate surface area is 157 Å². The van der Waals surface area contributed by atoms with Gasteiger partial charge in [0, 0.05) is 0 Å². The Bertz CT molecular complexity index is 279. The molecule has 0 fully saturated rings. The van der Waals surface area contributed by atoms with Crippen LogP contribution in [0, 0.1) is 0 Å². The highest BCUT2D eigenvalue weighted by molar-refractivity contribution is 5.71. The maximum absolute atomic E-state index is 11.3. The van der Waals surface area contributed by atoms with Gasteiger partial charge >= 0.3 is 5.97 Å². The number of nitrogens with zero attached hydrogens (tertiary/aromatic N) is 1. The summed E-state index contributed by atoms with van der Waals surface area (Å²) in [5, 5.41) is 0. The van der Waals surface area contributed by atoms with Gasteiger partial charge in [0.2, 0.25) is 0 Å². The van der Waals surface area contributed by atoms with Crippen molar-refractivity contribution < 1.29 is 9.53 Å². The first-order chi connectivity index (χ1) is 12.2. The van der Waals surface area contributed by atoms with Crippen LogP contribution in [0.3, 0.4) is 0 Å². The number of hydrogen-bond acceptors (Lipinski definition) is 3. The fraction of sp³-hybridized carbons (Fsp3) is 0.955. The lowest BCUT2D eigenvalue weighted by Gasteiger charge is -2.09. The predicted molar refractivity (Wildman–Crippen MR) is 109 cm³/mol. The van der Waals surface area contributed by atoms with Gasteiger partial charge < -0.3 is 4.74 Å². The molecule has 0 aliphatic heterocycles. The van der Waals surface area contributed by atoms with Crippen LogP contribution in [0.4, 0.5) is 0 Å². The number of carbonyl (C=O) groups excluding carboxylic acids is 1. The normalized spacial score (nSPS) is 11.2. The van der Waals surface area contributed by atoms with Crippen LogP contribution in [0.15, 0.2) is 0 Å². The molecule has 0 rings (SSSR count). The molecule has 0 saturated carbocycles. The Morgan fingerprint density at radius 1 is 0.640 bits per heavy atom. The zero-order valence-electron chi connectivity index (χ0n) is 17.5. The van der Waals surface area contributed by atoms with E-state index in [0.717, 1.165) is 6.42 Å². The van der Waals surface area contributed by atoms with E-state index in [1.54, 1.807) is 0 Å². The van der Waals surface area contributed by atoms with Gasteiger partial charge in [0.05, 0.1) is 13.2 Å². The summed E-state index contributed by atoms with van der Waals surface area (Å²) in [6, 6.07) is 0. The molecule has 0 N–H and O–H groups in total. The molecule has 0 radical (unpaired) electrons. The molecule has 150 valence electrons. The van der Waals surface area contributed by atoms with Crippen molar-refractivity contribution in [1.29, 1.82) is 0 Å². The topological polar surface area (TPSA) is 29.5 Å². The molecule has 0 heterocycles. The zero-order valence-corrected chi connectivity index (χ0v) is 17.5. The predicted octanol–water partition coefficient (Wildman–Crippen LogP) is 6.35. The molecule has 0 aromatic heterocycles. The third kappa shape index (κ3) is 21.4. The molecule has 0 atom stereocenters. The van der Waals surface area contributed by atoms with Crippen molar-refractivity contribution >= 4 is 5.97 Å². The first-order valence-electron chi connectivity index (χ1n) is 11.0. The number of unbranched alkanes of at least 4 members (excludes halogenated alkanes) is 15. The van der Waals surface area contributed by atoms with Gasteiger partial charge in [-0.25, -0.2) is 0 Å². The number of likely N-dealkylation sites (N-methyl/N-ethyl adjacent to an activating group) is 1. The van der Waals surface area contributed by atoms with Crippen LogP contribution in [0.1, 0.15) is 110 Å². The molecule has 0 saturated heterocycles. The van der Waals surface area contributed by atoms with Crippen molar-refractivity contribution in [3.05, 3.63) is 0 Å². The molecule has 25 heavy (non-hydrogen) atoms. The van der Waals surface area contributed by atoms with E-state index in [4.69, 9.17) is 4.74 Å². The highest BCUT2D eigenvalue weighted by atomic mass is 16.5. The standard InChI is InChI=1S/C22H45NO2/c1-4-5-6-7-8-9-10-11-12-13-14-15-16-17-18-19-20-25-22(24)21-23(2)3/h4-21H2,1-3H3. The Balaban J connectivity index is 3.06. The van der Waals surface area contributed by atoms with Gasteiger partial charge in [-0.1, -0.05) is 103 Å². The van der Waals surface area contributed by atoms with Crippen molar-refractivity contribution in [1.82, 2.24) is 4.90 Å². The molecular formula is C22H45NO2. The highest BCUT2D eigenvalue weighted by Gasteiger charge is 2.03. The van der Waals surface area contributed by atoms with E-state index >= 15 is 0 Å². The van der Waals surface area contributed by atoms with Crippen LogP contribution in [0.2, 0.25) is 0 Å². The van der Waals surface area contributed by atoms with Gasteiger partial charge in [-0.15, -0.1) is 0 Å². The molecule has 0 aromatic rings. The Kier molecular flexibility index (Phi) is 19.3. The number of esters is 1.